The zero-order valence-electron chi connectivity index (χ0n) is 12.6. The summed E-state index contributed by atoms with van der Waals surface area (Å²) in [5.74, 6) is 0. The molecule has 1 aromatic rings. The minimum absolute atomic E-state index is 0.0690. The Hall–Kier alpha value is -1.38. The van der Waals surface area contributed by atoms with E-state index in [1.54, 1.807) is 0 Å². The molecule has 0 unspecified atom stereocenters. The summed E-state index contributed by atoms with van der Waals surface area (Å²) in [4.78, 5) is 10.0. The average molecular weight is 277 g/mol. The van der Waals surface area contributed by atoms with Crippen LogP contribution >= 0.6 is 0 Å². The van der Waals surface area contributed by atoms with Crippen molar-refractivity contribution in [3.8, 4) is 0 Å². The molecule has 0 spiro atoms. The number of hydrogen-bond acceptors (Lipinski definition) is 2. The van der Waals surface area contributed by atoms with Gasteiger partial charge in [-0.25, -0.2) is 0 Å². The molecule has 3 heteroatoms. The highest BCUT2D eigenvalue weighted by atomic mass is 16.6. The Balaban J connectivity index is 2.16. The lowest BCUT2D eigenvalue weighted by Crippen LogP contribution is -2.01. The molecule has 0 bridgehead atoms. The quantitative estimate of drug-likeness (QED) is 0.331. The van der Waals surface area contributed by atoms with Crippen LogP contribution in [0.15, 0.2) is 24.3 Å². The molecule has 0 fully saturated rings. The van der Waals surface area contributed by atoms with Crippen molar-refractivity contribution in [1.29, 1.82) is 0 Å². The van der Waals surface area contributed by atoms with Crippen molar-refractivity contribution >= 4 is 0 Å². The zero-order valence-corrected chi connectivity index (χ0v) is 12.6. The standard InChI is InChI=1S/C17H27NO2/c1-2-3-4-5-6-7-9-16-11-13-17(14-12-16)10-8-15-18(19)20/h11-14H,2-10,15H2,1H3. The summed E-state index contributed by atoms with van der Waals surface area (Å²) in [7, 11) is 0. The molecule has 0 saturated heterocycles. The number of rotatable bonds is 11. The number of unbranched alkanes of at least 4 members (excludes halogenated alkanes) is 5. The lowest BCUT2D eigenvalue weighted by atomic mass is 10.0. The van der Waals surface area contributed by atoms with E-state index in [1.165, 1.54) is 49.7 Å². The summed E-state index contributed by atoms with van der Waals surface area (Å²) in [5, 5.41) is 10.3. The lowest BCUT2D eigenvalue weighted by molar-refractivity contribution is -0.480. The van der Waals surface area contributed by atoms with Gasteiger partial charge in [0.15, 0.2) is 0 Å². The summed E-state index contributed by atoms with van der Waals surface area (Å²) in [6.45, 7) is 2.31. The third kappa shape index (κ3) is 7.93. The summed E-state index contributed by atoms with van der Waals surface area (Å²) in [5.41, 5.74) is 2.59. The van der Waals surface area contributed by atoms with Crippen molar-refractivity contribution in [2.24, 2.45) is 0 Å². The highest BCUT2D eigenvalue weighted by Gasteiger charge is 2.00. The van der Waals surface area contributed by atoms with Gasteiger partial charge in [0, 0.05) is 11.3 Å². The molecular weight excluding hydrogens is 250 g/mol. The smallest absolute Gasteiger partial charge is 0.204 e. The van der Waals surface area contributed by atoms with Crippen LogP contribution in [-0.4, -0.2) is 11.5 Å². The predicted molar refractivity (Wildman–Crippen MR) is 83.7 cm³/mol. The van der Waals surface area contributed by atoms with E-state index in [0.29, 0.717) is 6.42 Å². The summed E-state index contributed by atoms with van der Waals surface area (Å²) in [6, 6.07) is 8.58. The molecule has 3 nitrogen and oxygen atoms in total. The van der Waals surface area contributed by atoms with Gasteiger partial charge in [0.1, 0.15) is 0 Å². The molecule has 1 aromatic carbocycles. The molecule has 0 aliphatic carbocycles. The molecule has 0 atom stereocenters. The zero-order chi connectivity index (χ0) is 14.6. The first-order valence-electron chi connectivity index (χ1n) is 7.92. The van der Waals surface area contributed by atoms with E-state index in [-0.39, 0.29) is 11.5 Å². The first kappa shape index (κ1) is 16.7. The number of hydrogen-bond donors (Lipinski definition) is 0. The number of nitro groups is 1. The van der Waals surface area contributed by atoms with Crippen molar-refractivity contribution in [1.82, 2.24) is 0 Å². The van der Waals surface area contributed by atoms with Crippen LogP contribution in [0, 0.1) is 10.1 Å². The Morgan fingerprint density at radius 2 is 1.35 bits per heavy atom. The predicted octanol–water partition coefficient (Wildman–Crippen LogP) is 4.80. The van der Waals surface area contributed by atoms with E-state index in [2.05, 4.69) is 31.2 Å². The Bertz CT molecular complexity index is 373. The Morgan fingerprint density at radius 1 is 0.850 bits per heavy atom. The van der Waals surface area contributed by atoms with Crippen LogP contribution in [0.25, 0.3) is 0 Å². The second kappa shape index (κ2) is 10.4. The van der Waals surface area contributed by atoms with Gasteiger partial charge in [-0.1, -0.05) is 63.3 Å². The molecule has 0 heterocycles. The highest BCUT2D eigenvalue weighted by Crippen LogP contribution is 2.12. The van der Waals surface area contributed by atoms with Crippen LogP contribution in [0.1, 0.15) is 63.0 Å². The first-order chi connectivity index (χ1) is 9.72. The van der Waals surface area contributed by atoms with E-state index in [4.69, 9.17) is 0 Å². The molecule has 0 N–H and O–H groups in total. The van der Waals surface area contributed by atoms with Gasteiger partial charge in [0.25, 0.3) is 0 Å². The number of benzene rings is 1. The van der Waals surface area contributed by atoms with Crippen LogP contribution in [0.2, 0.25) is 0 Å². The summed E-state index contributed by atoms with van der Waals surface area (Å²) in [6.07, 6.45) is 10.6. The maximum absolute atomic E-state index is 10.3. The summed E-state index contributed by atoms with van der Waals surface area (Å²) < 4.78 is 0. The van der Waals surface area contributed by atoms with Gasteiger partial charge in [-0.15, -0.1) is 0 Å². The fraction of sp³-hybridized carbons (Fsp3) is 0.647. The van der Waals surface area contributed by atoms with Crippen LogP contribution < -0.4 is 0 Å². The Morgan fingerprint density at radius 3 is 1.90 bits per heavy atom. The van der Waals surface area contributed by atoms with Gasteiger partial charge in [0.05, 0.1) is 0 Å². The van der Waals surface area contributed by atoms with Crippen molar-refractivity contribution in [2.75, 3.05) is 6.54 Å². The second-order valence-corrected chi connectivity index (χ2v) is 5.49. The Labute approximate surface area is 122 Å². The third-order valence-electron chi connectivity index (χ3n) is 3.65. The molecule has 0 aliphatic rings. The maximum atomic E-state index is 10.3. The van der Waals surface area contributed by atoms with Gasteiger partial charge < -0.3 is 0 Å². The average Bonchev–Trinajstić information content (AvgIpc) is 2.44. The first-order valence-corrected chi connectivity index (χ1v) is 7.92. The van der Waals surface area contributed by atoms with Crippen LogP contribution in [-0.2, 0) is 12.8 Å². The molecule has 0 amide bonds. The molecule has 20 heavy (non-hydrogen) atoms. The fourth-order valence-electron chi connectivity index (χ4n) is 2.39. The van der Waals surface area contributed by atoms with Crippen LogP contribution in [0.4, 0.5) is 0 Å². The van der Waals surface area contributed by atoms with Crippen molar-refractivity contribution in [3.63, 3.8) is 0 Å². The lowest BCUT2D eigenvalue weighted by Gasteiger charge is -2.04. The van der Waals surface area contributed by atoms with E-state index in [1.807, 2.05) is 0 Å². The summed E-state index contributed by atoms with van der Waals surface area (Å²) >= 11 is 0. The number of nitrogens with zero attached hydrogens (tertiary/aromatic N) is 1. The van der Waals surface area contributed by atoms with E-state index < -0.39 is 0 Å². The van der Waals surface area contributed by atoms with Crippen LogP contribution in [0.3, 0.4) is 0 Å². The van der Waals surface area contributed by atoms with E-state index in [9.17, 15) is 10.1 Å². The SMILES string of the molecule is CCCCCCCCc1ccc(CCC[N+](=O)[O-])cc1. The minimum atomic E-state index is -0.243. The minimum Gasteiger partial charge on any atom is -0.265 e. The molecule has 0 aliphatic heterocycles. The molecular formula is C17H27NO2. The van der Waals surface area contributed by atoms with E-state index >= 15 is 0 Å². The molecule has 1 rings (SSSR count). The highest BCUT2D eigenvalue weighted by molar-refractivity contribution is 5.22. The van der Waals surface area contributed by atoms with Gasteiger partial charge in [-0.2, -0.15) is 0 Å². The van der Waals surface area contributed by atoms with Gasteiger partial charge in [-0.3, -0.25) is 10.1 Å². The molecule has 0 aromatic heterocycles. The van der Waals surface area contributed by atoms with Crippen LogP contribution in [0.5, 0.6) is 0 Å². The fourth-order valence-corrected chi connectivity index (χ4v) is 2.39. The van der Waals surface area contributed by atoms with Crippen molar-refractivity contribution < 1.29 is 4.92 Å². The maximum Gasteiger partial charge on any atom is 0.204 e. The van der Waals surface area contributed by atoms with Gasteiger partial charge >= 0.3 is 0 Å². The third-order valence-corrected chi connectivity index (χ3v) is 3.65. The van der Waals surface area contributed by atoms with E-state index in [0.717, 1.165) is 12.8 Å². The van der Waals surface area contributed by atoms with Gasteiger partial charge in [-0.05, 0) is 30.4 Å². The molecule has 0 saturated carbocycles. The second-order valence-electron chi connectivity index (χ2n) is 5.49. The van der Waals surface area contributed by atoms with Gasteiger partial charge in [0.2, 0.25) is 6.54 Å². The Kier molecular flexibility index (Phi) is 8.68. The number of aryl methyl sites for hydroxylation is 2. The van der Waals surface area contributed by atoms with Crippen molar-refractivity contribution in [2.45, 2.75) is 64.7 Å². The largest absolute Gasteiger partial charge is 0.265 e. The molecule has 0 radical (unpaired) electrons. The van der Waals surface area contributed by atoms with Crippen molar-refractivity contribution in [3.05, 3.63) is 45.5 Å². The topological polar surface area (TPSA) is 43.1 Å². The normalized spacial score (nSPS) is 10.7. The molecule has 112 valence electrons. The monoisotopic (exact) mass is 277 g/mol.